The predicted molar refractivity (Wildman–Crippen MR) is 123 cm³/mol. The average molecular weight is 427 g/mol. The van der Waals surface area contributed by atoms with Gasteiger partial charge in [-0.25, -0.2) is 4.79 Å². The van der Waals surface area contributed by atoms with Gasteiger partial charge < -0.3 is 19.4 Å². The van der Waals surface area contributed by atoms with Crippen molar-refractivity contribution in [3.05, 3.63) is 29.8 Å². The second-order valence-electron chi connectivity index (χ2n) is 12.1. The zero-order valence-corrected chi connectivity index (χ0v) is 20.2. The van der Waals surface area contributed by atoms with Crippen LogP contribution in [0.5, 0.6) is 0 Å². The lowest BCUT2D eigenvalue weighted by Crippen LogP contribution is -2.56. The van der Waals surface area contributed by atoms with E-state index in [1.54, 1.807) is 0 Å². The third-order valence-corrected chi connectivity index (χ3v) is 7.55. The molecule has 3 aliphatic rings. The molecule has 2 saturated carbocycles. The Morgan fingerprint density at radius 2 is 1.58 bits per heavy atom. The molecule has 4 rings (SSSR count). The Balaban J connectivity index is 1.21. The summed E-state index contributed by atoms with van der Waals surface area (Å²) >= 11 is 0. The minimum absolute atomic E-state index is 0.273. The van der Waals surface area contributed by atoms with Gasteiger partial charge in [-0.3, -0.25) is 0 Å². The standard InChI is InChI=1S/C25H38BNO4/c1-22(2,3)29-21(28)27-20-15-25(16-20)13-18(14-25)12-17-8-10-19(11-9-17)26-30-23(4,5)24(6,7)31-26/h8-11,18,20H,12-16H2,1-7H3,(H,27,28). The van der Waals surface area contributed by atoms with Crippen molar-refractivity contribution in [2.45, 2.75) is 103 Å². The van der Waals surface area contributed by atoms with Gasteiger partial charge in [-0.1, -0.05) is 24.3 Å². The lowest BCUT2D eigenvalue weighted by atomic mass is 9.49. The van der Waals surface area contributed by atoms with Crippen molar-refractivity contribution >= 4 is 18.7 Å². The monoisotopic (exact) mass is 427 g/mol. The summed E-state index contributed by atoms with van der Waals surface area (Å²) < 4.78 is 17.7. The molecule has 0 bridgehead atoms. The third kappa shape index (κ3) is 4.80. The SMILES string of the molecule is CC(C)(C)OC(=O)NC1CC2(CC(Cc3ccc(B4OC(C)(C)C(C)(C)O4)cc3)C2)C1. The predicted octanol–water partition coefficient (Wildman–Crippen LogP) is 4.61. The van der Waals surface area contributed by atoms with Crippen molar-refractivity contribution in [3.63, 3.8) is 0 Å². The topological polar surface area (TPSA) is 56.8 Å². The number of hydrogen-bond donors (Lipinski definition) is 1. The molecular weight excluding hydrogens is 389 g/mol. The maximum atomic E-state index is 11.9. The number of hydrogen-bond acceptors (Lipinski definition) is 4. The molecule has 0 atom stereocenters. The molecule has 5 nitrogen and oxygen atoms in total. The van der Waals surface area contributed by atoms with E-state index in [2.05, 4.69) is 57.3 Å². The van der Waals surface area contributed by atoms with E-state index in [0.717, 1.165) is 30.6 Å². The van der Waals surface area contributed by atoms with Gasteiger partial charge in [-0.05, 0) is 103 Å². The second kappa shape index (κ2) is 7.52. The third-order valence-electron chi connectivity index (χ3n) is 7.55. The van der Waals surface area contributed by atoms with Gasteiger partial charge in [0.25, 0.3) is 0 Å². The number of rotatable bonds is 4. The highest BCUT2D eigenvalue weighted by Gasteiger charge is 2.53. The second-order valence-corrected chi connectivity index (χ2v) is 12.1. The molecule has 1 saturated heterocycles. The van der Waals surface area contributed by atoms with Gasteiger partial charge >= 0.3 is 13.2 Å². The summed E-state index contributed by atoms with van der Waals surface area (Å²) in [5.74, 6) is 0.741. The van der Waals surface area contributed by atoms with Gasteiger partial charge in [-0.2, -0.15) is 0 Å². The maximum Gasteiger partial charge on any atom is 0.494 e. The van der Waals surface area contributed by atoms with E-state index in [1.165, 1.54) is 18.4 Å². The van der Waals surface area contributed by atoms with E-state index in [9.17, 15) is 4.79 Å². The largest absolute Gasteiger partial charge is 0.494 e. The fraction of sp³-hybridized carbons (Fsp3) is 0.720. The Kier molecular flexibility index (Phi) is 5.49. The van der Waals surface area contributed by atoms with E-state index < -0.39 is 5.60 Å². The highest BCUT2D eigenvalue weighted by atomic mass is 16.7. The molecule has 1 heterocycles. The highest BCUT2D eigenvalue weighted by molar-refractivity contribution is 6.62. The van der Waals surface area contributed by atoms with E-state index in [4.69, 9.17) is 14.0 Å². The van der Waals surface area contributed by atoms with Crippen LogP contribution in [0.15, 0.2) is 24.3 Å². The first-order chi connectivity index (χ1) is 14.3. The fourth-order valence-electron chi connectivity index (χ4n) is 5.33. The zero-order chi connectivity index (χ0) is 22.7. The van der Waals surface area contributed by atoms with Crippen LogP contribution >= 0.6 is 0 Å². The van der Waals surface area contributed by atoms with Crippen LogP contribution in [0.1, 0.15) is 79.7 Å². The Hall–Kier alpha value is -1.53. The average Bonchev–Trinajstić information content (AvgIpc) is 2.77. The molecule has 3 fully saturated rings. The van der Waals surface area contributed by atoms with E-state index in [1.807, 2.05) is 20.8 Å². The minimum Gasteiger partial charge on any atom is -0.444 e. The molecule has 0 unspecified atom stereocenters. The minimum atomic E-state index is -0.439. The van der Waals surface area contributed by atoms with Crippen molar-refractivity contribution in [2.24, 2.45) is 11.3 Å². The van der Waals surface area contributed by atoms with Gasteiger partial charge in [0.2, 0.25) is 0 Å². The van der Waals surface area contributed by atoms with Crippen molar-refractivity contribution in [2.75, 3.05) is 0 Å². The number of carbonyl (C=O) groups excluding carboxylic acids is 1. The number of carbonyl (C=O) groups is 1. The molecule has 1 spiro atoms. The number of alkyl carbamates (subject to hydrolysis) is 1. The normalized spacial score (nSPS) is 31.1. The molecule has 0 radical (unpaired) electrons. The van der Waals surface area contributed by atoms with Crippen molar-refractivity contribution in [1.82, 2.24) is 5.32 Å². The number of benzene rings is 1. The molecule has 1 aromatic rings. The maximum absolute atomic E-state index is 11.9. The van der Waals surface area contributed by atoms with Gasteiger partial charge in [-0.15, -0.1) is 0 Å². The fourth-order valence-corrected chi connectivity index (χ4v) is 5.33. The molecular formula is C25H38BNO4. The summed E-state index contributed by atoms with van der Waals surface area (Å²) in [6, 6.07) is 9.01. The molecule has 6 heteroatoms. The molecule has 1 aromatic carbocycles. The van der Waals surface area contributed by atoms with Gasteiger partial charge in [0.05, 0.1) is 11.2 Å². The summed E-state index contributed by atoms with van der Waals surface area (Å²) in [6.07, 6.45) is 5.53. The van der Waals surface area contributed by atoms with Gasteiger partial charge in [0.15, 0.2) is 0 Å². The van der Waals surface area contributed by atoms with Crippen LogP contribution in [-0.2, 0) is 20.5 Å². The van der Waals surface area contributed by atoms with Crippen LogP contribution in [0.4, 0.5) is 4.79 Å². The zero-order valence-electron chi connectivity index (χ0n) is 20.2. The van der Waals surface area contributed by atoms with Crippen LogP contribution in [0.25, 0.3) is 0 Å². The van der Waals surface area contributed by atoms with Crippen molar-refractivity contribution < 1.29 is 18.8 Å². The highest BCUT2D eigenvalue weighted by Crippen LogP contribution is 2.59. The number of nitrogens with one attached hydrogen (secondary N) is 1. The summed E-state index contributed by atoms with van der Waals surface area (Å²) in [7, 11) is -0.296. The van der Waals surface area contributed by atoms with Crippen molar-refractivity contribution in [3.8, 4) is 0 Å². The van der Waals surface area contributed by atoms with Crippen LogP contribution in [-0.4, -0.2) is 36.1 Å². The van der Waals surface area contributed by atoms with E-state index in [-0.39, 0.29) is 30.5 Å². The molecule has 0 aromatic heterocycles. The number of amides is 1. The molecule has 1 aliphatic heterocycles. The summed E-state index contributed by atoms with van der Waals surface area (Å²) in [4.78, 5) is 11.9. The quantitative estimate of drug-likeness (QED) is 0.713. The first kappa shape index (κ1) is 22.7. The number of ether oxygens (including phenoxy) is 1. The Bertz CT molecular complexity index is 797. The van der Waals surface area contributed by atoms with Gasteiger partial charge in [0.1, 0.15) is 5.60 Å². The van der Waals surface area contributed by atoms with Crippen LogP contribution < -0.4 is 10.8 Å². The first-order valence-corrected chi connectivity index (χ1v) is 11.7. The first-order valence-electron chi connectivity index (χ1n) is 11.7. The van der Waals surface area contributed by atoms with E-state index >= 15 is 0 Å². The summed E-state index contributed by atoms with van der Waals surface area (Å²) in [6.45, 7) is 14.0. The smallest absolute Gasteiger partial charge is 0.444 e. The Morgan fingerprint density at radius 1 is 1.03 bits per heavy atom. The molecule has 1 N–H and O–H groups in total. The van der Waals surface area contributed by atoms with Crippen LogP contribution in [0.2, 0.25) is 0 Å². The Labute approximate surface area is 187 Å². The van der Waals surface area contributed by atoms with E-state index in [0.29, 0.717) is 5.41 Å². The van der Waals surface area contributed by atoms with Crippen molar-refractivity contribution in [1.29, 1.82) is 0 Å². The molecule has 2 aliphatic carbocycles. The van der Waals surface area contributed by atoms with Crippen LogP contribution in [0.3, 0.4) is 0 Å². The molecule has 170 valence electrons. The lowest BCUT2D eigenvalue weighted by Gasteiger charge is -2.58. The van der Waals surface area contributed by atoms with Gasteiger partial charge in [0, 0.05) is 6.04 Å². The molecule has 31 heavy (non-hydrogen) atoms. The molecule has 1 amide bonds. The van der Waals surface area contributed by atoms with Crippen LogP contribution in [0, 0.1) is 11.3 Å². The Morgan fingerprint density at radius 3 is 2.10 bits per heavy atom. The summed E-state index contributed by atoms with van der Waals surface area (Å²) in [5.41, 5.74) is 1.86. The lowest BCUT2D eigenvalue weighted by molar-refractivity contribution is -0.0505. The summed E-state index contributed by atoms with van der Waals surface area (Å²) in [5, 5.41) is 3.02.